The zero-order valence-electron chi connectivity index (χ0n) is 29.0. The van der Waals surface area contributed by atoms with Crippen molar-refractivity contribution < 1.29 is 71.4 Å². The van der Waals surface area contributed by atoms with Crippen molar-refractivity contribution in [2.24, 2.45) is 22.2 Å². The Bertz CT molecular complexity index is 1790. The Morgan fingerprint density at radius 3 is 2.30 bits per heavy atom. The highest BCUT2D eigenvalue weighted by atomic mass is 17.0. The number of furan rings is 1. The largest absolute Gasteiger partial charge is 0.472 e. The van der Waals surface area contributed by atoms with Gasteiger partial charge in [-0.2, -0.15) is 0 Å². The molecule has 0 radical (unpaired) electrons. The van der Waals surface area contributed by atoms with Crippen LogP contribution in [0.25, 0.3) is 0 Å². The molecular weight excluding hydrogens is 660 g/mol. The van der Waals surface area contributed by atoms with Crippen LogP contribution in [0.4, 0.5) is 0 Å². The summed E-state index contributed by atoms with van der Waals surface area (Å²) in [6, 6.07) is 1.62. The Morgan fingerprint density at radius 2 is 1.70 bits per heavy atom. The van der Waals surface area contributed by atoms with Crippen LogP contribution in [0.5, 0.6) is 0 Å². The van der Waals surface area contributed by atoms with E-state index in [-0.39, 0.29) is 24.8 Å². The highest BCUT2D eigenvalue weighted by molar-refractivity contribution is 5.86. The molecular formula is C35H40O15. The summed E-state index contributed by atoms with van der Waals surface area (Å²) < 4.78 is 55.7. The monoisotopic (exact) mass is 700 g/mol. The van der Waals surface area contributed by atoms with E-state index in [1.54, 1.807) is 26.8 Å². The Balaban J connectivity index is 1.50. The predicted octanol–water partition coefficient (Wildman–Crippen LogP) is 2.33. The molecule has 15 nitrogen and oxygen atoms in total. The third kappa shape index (κ3) is 3.30. The lowest BCUT2D eigenvalue weighted by molar-refractivity contribution is -0.446. The third-order valence-corrected chi connectivity index (χ3v) is 13.4. The summed E-state index contributed by atoms with van der Waals surface area (Å²) in [5.74, 6) is -6.37. The molecule has 0 unspecified atom stereocenters. The minimum atomic E-state index is -2.17. The van der Waals surface area contributed by atoms with Gasteiger partial charge in [-0.15, -0.1) is 0 Å². The first-order valence-electron chi connectivity index (χ1n) is 16.6. The first kappa shape index (κ1) is 33.4. The van der Waals surface area contributed by atoms with Gasteiger partial charge in [0.2, 0.25) is 5.60 Å². The highest BCUT2D eigenvalue weighted by Gasteiger charge is 3.03. The van der Waals surface area contributed by atoms with Crippen LogP contribution in [0.2, 0.25) is 0 Å². The number of carbonyl (C=O) groups is 5. The Morgan fingerprint density at radius 1 is 1.00 bits per heavy atom. The number of fused-ring (bicyclic) bond motifs is 4. The number of hydrogen-bond donors (Lipinski definition) is 1. The van der Waals surface area contributed by atoms with Gasteiger partial charge in [0.05, 0.1) is 25.1 Å². The van der Waals surface area contributed by atoms with E-state index in [1.807, 2.05) is 0 Å². The quantitative estimate of drug-likeness (QED) is 0.336. The number of cyclic esters (lactones) is 1. The summed E-state index contributed by atoms with van der Waals surface area (Å²) in [6.45, 7) is 10.4. The third-order valence-electron chi connectivity index (χ3n) is 13.4. The number of methoxy groups -OCH3 is 1. The summed E-state index contributed by atoms with van der Waals surface area (Å²) in [5, 5.41) is 13.6. The van der Waals surface area contributed by atoms with Gasteiger partial charge >= 0.3 is 29.8 Å². The number of carbonyl (C=O) groups excluding carboxylic acids is 5. The van der Waals surface area contributed by atoms with Gasteiger partial charge in [-0.3, -0.25) is 19.2 Å². The number of ether oxygens (including phenoxy) is 8. The molecule has 1 aromatic rings. The van der Waals surface area contributed by atoms with Crippen molar-refractivity contribution in [2.75, 3.05) is 7.11 Å². The summed E-state index contributed by atoms with van der Waals surface area (Å²) in [7, 11) is 1.24. The lowest BCUT2D eigenvalue weighted by Crippen LogP contribution is -2.93. The fourth-order valence-corrected chi connectivity index (χ4v) is 12.1. The fraction of sp³-hybridized carbons (Fsp3) is 0.686. The van der Waals surface area contributed by atoms with Crippen molar-refractivity contribution >= 4 is 29.8 Å². The average molecular weight is 701 g/mol. The average Bonchev–Trinajstić information content (AvgIpc) is 3.78. The van der Waals surface area contributed by atoms with Gasteiger partial charge in [0.15, 0.2) is 11.7 Å². The predicted molar refractivity (Wildman–Crippen MR) is 161 cm³/mol. The van der Waals surface area contributed by atoms with E-state index < -0.39 is 105 Å². The molecule has 0 aromatic carbocycles. The van der Waals surface area contributed by atoms with Crippen LogP contribution in [0.3, 0.4) is 0 Å². The number of aliphatic hydroxyl groups is 1. The second kappa shape index (κ2) is 9.55. The van der Waals surface area contributed by atoms with Gasteiger partial charge in [0.25, 0.3) is 5.97 Å². The van der Waals surface area contributed by atoms with Crippen LogP contribution in [0.15, 0.2) is 34.7 Å². The Labute approximate surface area is 286 Å². The molecule has 4 saturated carbocycles. The standard InChI is InChI=1S/C35H40O15/c1-16(36)44-22-13-33-30(6)20(11-23(39)42-8)28(4)15-32(30,41)35(47-18(3)38,26(28)45-17(2)37)27-34(33,50-31(7,48-27)49-33)21-12-24(40)46-25(29(21,22)5)19-9-10-43-14-19/h9-10,12,14,20,22,25-27,41H,11,13,15H2,1-8H3/t20-,22-,25-,26-,27-,28-,29-,30+,31-,32+,33-,34+,35-/m1/s1. The normalized spacial score (nSPS) is 50.1. The first-order valence-corrected chi connectivity index (χ1v) is 16.6. The topological polar surface area (TPSA) is 193 Å². The van der Waals surface area contributed by atoms with Crippen molar-refractivity contribution in [1.29, 1.82) is 0 Å². The van der Waals surface area contributed by atoms with Gasteiger partial charge < -0.3 is 47.4 Å². The summed E-state index contributed by atoms with van der Waals surface area (Å²) in [4.78, 5) is 66.3. The smallest absolute Gasteiger partial charge is 0.331 e. The van der Waals surface area contributed by atoms with Crippen LogP contribution in [0, 0.1) is 22.2 Å². The molecule has 50 heavy (non-hydrogen) atoms. The molecule has 4 aliphatic carbocycles. The van der Waals surface area contributed by atoms with Gasteiger partial charge in [0, 0.05) is 63.0 Å². The van der Waals surface area contributed by atoms with E-state index in [0.717, 1.165) is 0 Å². The van der Waals surface area contributed by atoms with Gasteiger partial charge in [0.1, 0.15) is 29.5 Å². The zero-order chi connectivity index (χ0) is 36.2. The maximum atomic E-state index is 13.7. The molecule has 6 fully saturated rings. The molecule has 1 N–H and O–H groups in total. The lowest BCUT2D eigenvalue weighted by Gasteiger charge is -2.76. The second-order valence-corrected chi connectivity index (χ2v) is 15.6. The van der Waals surface area contributed by atoms with Crippen LogP contribution in [0.1, 0.15) is 79.4 Å². The number of rotatable bonds is 6. The fourth-order valence-electron chi connectivity index (χ4n) is 12.1. The van der Waals surface area contributed by atoms with E-state index in [2.05, 4.69) is 0 Å². The summed E-state index contributed by atoms with van der Waals surface area (Å²) in [5.41, 5.74) is -11.6. The summed E-state index contributed by atoms with van der Waals surface area (Å²) >= 11 is 0. The molecule has 0 amide bonds. The molecule has 270 valence electrons. The van der Waals surface area contributed by atoms with Crippen LogP contribution in [-0.2, 0) is 61.9 Å². The van der Waals surface area contributed by atoms with Gasteiger partial charge in [-0.25, -0.2) is 4.79 Å². The van der Waals surface area contributed by atoms with Crippen LogP contribution in [-0.4, -0.2) is 88.8 Å². The molecule has 7 aliphatic rings. The SMILES string of the molecule is COC(=O)C[C@@H]1[C@@]2(C)C[C@@]3(O)[C@@](OC(C)=O)([C@@H]2OC(C)=O)[C@@H]2O[C@]4(C)O[C@]5(C[C@@H](OC(C)=O)[C@@]6(C)C(=CC(=O)O[C@@H]6c6ccoc6)[C@]25O4)[C@@]13C. The van der Waals surface area contributed by atoms with E-state index in [9.17, 15) is 29.1 Å². The van der Waals surface area contributed by atoms with Crippen molar-refractivity contribution in [1.82, 2.24) is 0 Å². The zero-order valence-corrected chi connectivity index (χ0v) is 29.0. The van der Waals surface area contributed by atoms with Gasteiger partial charge in [-0.05, 0) is 30.9 Å². The molecule has 4 heterocycles. The maximum Gasteiger partial charge on any atom is 0.331 e. The van der Waals surface area contributed by atoms with Crippen molar-refractivity contribution in [3.8, 4) is 0 Å². The molecule has 3 aliphatic heterocycles. The minimum absolute atomic E-state index is 0.130. The molecule has 13 atom stereocenters. The molecule has 2 saturated heterocycles. The lowest BCUT2D eigenvalue weighted by atomic mass is 9.34. The van der Waals surface area contributed by atoms with E-state index in [4.69, 9.17) is 42.3 Å². The molecule has 8 rings (SSSR count). The van der Waals surface area contributed by atoms with E-state index >= 15 is 0 Å². The summed E-state index contributed by atoms with van der Waals surface area (Å²) in [6.07, 6.45) is -1.52. The molecule has 1 spiro atoms. The van der Waals surface area contributed by atoms with Crippen molar-refractivity contribution in [2.45, 2.75) is 121 Å². The highest BCUT2D eigenvalue weighted by Crippen LogP contribution is 2.88. The van der Waals surface area contributed by atoms with Crippen molar-refractivity contribution in [3.05, 3.63) is 35.8 Å². The number of hydrogen-bond acceptors (Lipinski definition) is 15. The van der Waals surface area contributed by atoms with Gasteiger partial charge in [-0.1, -0.05) is 13.8 Å². The maximum absolute atomic E-state index is 13.7. The second-order valence-electron chi connectivity index (χ2n) is 15.6. The molecule has 1 aromatic heterocycles. The van der Waals surface area contributed by atoms with E-state index in [0.29, 0.717) is 5.56 Å². The Kier molecular flexibility index (Phi) is 6.37. The minimum Gasteiger partial charge on any atom is -0.472 e. The van der Waals surface area contributed by atoms with Crippen LogP contribution < -0.4 is 0 Å². The first-order chi connectivity index (χ1) is 23.3. The molecule has 15 heteroatoms. The van der Waals surface area contributed by atoms with E-state index in [1.165, 1.54) is 53.4 Å². The molecule has 4 bridgehead atoms. The number of esters is 5. The Hall–Kier alpha value is -3.79. The van der Waals surface area contributed by atoms with Crippen molar-refractivity contribution in [3.63, 3.8) is 0 Å². The van der Waals surface area contributed by atoms with Crippen LogP contribution >= 0.6 is 0 Å².